The molecule has 1 heterocycles. The number of hydrogen-bond acceptors (Lipinski definition) is 3. The zero-order valence-electron chi connectivity index (χ0n) is 9.53. The molecule has 2 N–H and O–H groups in total. The third kappa shape index (κ3) is 2.77. The molecule has 92 valence electrons. The molecule has 1 unspecified atom stereocenters. The molecule has 0 aromatic carbocycles. The Balaban J connectivity index is 2.93. The second-order valence-electron chi connectivity index (χ2n) is 3.80. The van der Waals surface area contributed by atoms with E-state index in [-0.39, 0.29) is 12.0 Å². The molecule has 1 amide bonds. The average molecular weight is 240 g/mol. The molecule has 0 fully saturated rings. The highest BCUT2D eigenvalue weighted by Gasteiger charge is 2.33. The van der Waals surface area contributed by atoms with Crippen LogP contribution in [0.2, 0.25) is 0 Å². The lowest BCUT2D eigenvalue weighted by Crippen LogP contribution is -2.51. The number of amides is 1. The van der Waals surface area contributed by atoms with Gasteiger partial charge in [0, 0.05) is 6.20 Å². The van der Waals surface area contributed by atoms with Gasteiger partial charge in [0.05, 0.1) is 11.8 Å². The maximum atomic E-state index is 13.2. The number of nitrogens with one attached hydrogen (secondary N) is 1. The Hall–Kier alpha value is -1.98. The fraction of sp³-hybridized carbons (Fsp3) is 0.364. The van der Waals surface area contributed by atoms with Crippen molar-refractivity contribution in [1.29, 1.82) is 0 Å². The molecule has 5 nitrogen and oxygen atoms in total. The highest BCUT2D eigenvalue weighted by Crippen LogP contribution is 2.12. The lowest BCUT2D eigenvalue weighted by molar-refractivity contribution is -0.143. The van der Waals surface area contributed by atoms with Gasteiger partial charge in [0.2, 0.25) is 0 Å². The van der Waals surface area contributed by atoms with Gasteiger partial charge in [0.25, 0.3) is 5.91 Å². The summed E-state index contributed by atoms with van der Waals surface area (Å²) in [5.41, 5.74) is -1.63. The Morgan fingerprint density at radius 2 is 2.24 bits per heavy atom. The van der Waals surface area contributed by atoms with Crippen LogP contribution in [0.25, 0.3) is 0 Å². The van der Waals surface area contributed by atoms with Crippen LogP contribution in [-0.2, 0) is 4.79 Å². The van der Waals surface area contributed by atoms with E-state index in [1.165, 1.54) is 19.2 Å². The fourth-order valence-electron chi connectivity index (χ4n) is 1.17. The summed E-state index contributed by atoms with van der Waals surface area (Å²) in [6.07, 6.45) is 2.36. The summed E-state index contributed by atoms with van der Waals surface area (Å²) in [5, 5.41) is 11.3. The zero-order valence-corrected chi connectivity index (χ0v) is 9.53. The molecule has 1 aromatic heterocycles. The van der Waals surface area contributed by atoms with E-state index in [1.54, 1.807) is 6.92 Å². The Morgan fingerprint density at radius 3 is 2.71 bits per heavy atom. The standard InChI is InChI=1S/C11H13FN2O3/c1-3-11(2,10(16)17)14-9(15)7-4-5-13-6-8(7)12/h4-6H,3H2,1-2H3,(H,14,15)(H,16,17). The van der Waals surface area contributed by atoms with Crippen LogP contribution < -0.4 is 5.32 Å². The van der Waals surface area contributed by atoms with Crippen molar-refractivity contribution < 1.29 is 19.1 Å². The molecule has 0 bridgehead atoms. The quantitative estimate of drug-likeness (QED) is 0.828. The van der Waals surface area contributed by atoms with Gasteiger partial charge in [-0.3, -0.25) is 9.78 Å². The van der Waals surface area contributed by atoms with Gasteiger partial charge in [0.1, 0.15) is 5.54 Å². The van der Waals surface area contributed by atoms with E-state index in [2.05, 4.69) is 10.3 Å². The number of halogens is 1. The van der Waals surface area contributed by atoms with Crippen molar-refractivity contribution in [2.24, 2.45) is 0 Å². The Kier molecular flexibility index (Phi) is 3.77. The summed E-state index contributed by atoms with van der Waals surface area (Å²) in [7, 11) is 0. The summed E-state index contributed by atoms with van der Waals surface area (Å²) in [6.45, 7) is 2.99. The second-order valence-corrected chi connectivity index (χ2v) is 3.80. The number of carboxylic acids is 1. The maximum absolute atomic E-state index is 13.2. The third-order valence-corrected chi connectivity index (χ3v) is 2.59. The van der Waals surface area contributed by atoms with E-state index < -0.39 is 23.2 Å². The zero-order chi connectivity index (χ0) is 13.1. The minimum atomic E-state index is -1.41. The van der Waals surface area contributed by atoms with Crippen LogP contribution in [0.3, 0.4) is 0 Å². The number of aromatic nitrogens is 1. The molecule has 0 spiro atoms. The first-order valence-electron chi connectivity index (χ1n) is 5.06. The largest absolute Gasteiger partial charge is 0.480 e. The number of carbonyl (C=O) groups excluding carboxylic acids is 1. The summed E-state index contributed by atoms with van der Waals surface area (Å²) in [4.78, 5) is 26.2. The molecule has 0 saturated carbocycles. The van der Waals surface area contributed by atoms with Gasteiger partial charge in [-0.15, -0.1) is 0 Å². The number of pyridine rings is 1. The predicted molar refractivity (Wildman–Crippen MR) is 58.0 cm³/mol. The molecule has 0 aliphatic heterocycles. The van der Waals surface area contributed by atoms with Crippen molar-refractivity contribution in [1.82, 2.24) is 10.3 Å². The van der Waals surface area contributed by atoms with Gasteiger partial charge >= 0.3 is 5.97 Å². The second kappa shape index (κ2) is 4.90. The van der Waals surface area contributed by atoms with Crippen LogP contribution in [0, 0.1) is 5.82 Å². The number of nitrogens with zero attached hydrogens (tertiary/aromatic N) is 1. The number of aliphatic carboxylic acids is 1. The first kappa shape index (κ1) is 13.1. The van der Waals surface area contributed by atoms with Crippen molar-refractivity contribution in [3.63, 3.8) is 0 Å². The molecular weight excluding hydrogens is 227 g/mol. The topological polar surface area (TPSA) is 79.3 Å². The van der Waals surface area contributed by atoms with E-state index in [0.29, 0.717) is 0 Å². The van der Waals surface area contributed by atoms with Gasteiger partial charge in [-0.1, -0.05) is 6.92 Å². The average Bonchev–Trinajstić information content (AvgIpc) is 2.29. The molecule has 17 heavy (non-hydrogen) atoms. The molecular formula is C11H13FN2O3. The Labute approximate surface area is 97.7 Å². The van der Waals surface area contributed by atoms with Gasteiger partial charge in [-0.25, -0.2) is 9.18 Å². The first-order valence-corrected chi connectivity index (χ1v) is 5.06. The minimum Gasteiger partial charge on any atom is -0.480 e. The minimum absolute atomic E-state index is 0.195. The van der Waals surface area contributed by atoms with E-state index in [1.807, 2.05) is 0 Å². The number of carboxylic acid groups (broad SMARTS) is 1. The molecule has 1 atom stereocenters. The molecule has 0 aliphatic rings. The van der Waals surface area contributed by atoms with E-state index in [4.69, 9.17) is 5.11 Å². The monoisotopic (exact) mass is 240 g/mol. The molecule has 1 aromatic rings. The predicted octanol–water partition coefficient (Wildman–Crippen LogP) is 1.20. The van der Waals surface area contributed by atoms with Crippen LogP contribution in [0.15, 0.2) is 18.5 Å². The van der Waals surface area contributed by atoms with Crippen LogP contribution >= 0.6 is 0 Å². The fourth-order valence-corrected chi connectivity index (χ4v) is 1.17. The molecule has 1 rings (SSSR count). The summed E-state index contributed by atoms with van der Waals surface area (Å²) >= 11 is 0. The van der Waals surface area contributed by atoms with Crippen molar-refractivity contribution in [2.75, 3.05) is 0 Å². The van der Waals surface area contributed by atoms with Gasteiger partial charge in [-0.2, -0.15) is 0 Å². The lowest BCUT2D eigenvalue weighted by Gasteiger charge is -2.24. The number of carbonyl (C=O) groups is 2. The molecule has 0 aliphatic carbocycles. The first-order chi connectivity index (χ1) is 7.90. The third-order valence-electron chi connectivity index (χ3n) is 2.59. The normalized spacial score (nSPS) is 13.8. The SMILES string of the molecule is CCC(C)(NC(=O)c1ccncc1F)C(=O)O. The summed E-state index contributed by atoms with van der Waals surface area (Å²) in [6, 6.07) is 1.20. The molecule has 0 radical (unpaired) electrons. The van der Waals surface area contributed by atoms with Gasteiger partial charge < -0.3 is 10.4 Å². The van der Waals surface area contributed by atoms with Crippen molar-refractivity contribution in [3.05, 3.63) is 29.8 Å². The van der Waals surface area contributed by atoms with Crippen LogP contribution in [-0.4, -0.2) is 27.5 Å². The van der Waals surface area contributed by atoms with Crippen LogP contribution in [0.4, 0.5) is 4.39 Å². The highest BCUT2D eigenvalue weighted by atomic mass is 19.1. The van der Waals surface area contributed by atoms with Gasteiger partial charge in [0.15, 0.2) is 5.82 Å². The number of rotatable bonds is 4. The van der Waals surface area contributed by atoms with E-state index in [0.717, 1.165) is 6.20 Å². The van der Waals surface area contributed by atoms with Crippen LogP contribution in [0.5, 0.6) is 0 Å². The summed E-state index contributed by atoms with van der Waals surface area (Å²) < 4.78 is 13.2. The van der Waals surface area contributed by atoms with Crippen LogP contribution in [0.1, 0.15) is 30.6 Å². The lowest BCUT2D eigenvalue weighted by atomic mass is 9.98. The van der Waals surface area contributed by atoms with Crippen molar-refractivity contribution in [2.45, 2.75) is 25.8 Å². The van der Waals surface area contributed by atoms with Crippen molar-refractivity contribution >= 4 is 11.9 Å². The van der Waals surface area contributed by atoms with Crippen molar-refractivity contribution in [3.8, 4) is 0 Å². The molecule has 6 heteroatoms. The van der Waals surface area contributed by atoms with E-state index in [9.17, 15) is 14.0 Å². The maximum Gasteiger partial charge on any atom is 0.329 e. The Bertz CT molecular complexity index is 450. The number of hydrogen-bond donors (Lipinski definition) is 2. The van der Waals surface area contributed by atoms with E-state index >= 15 is 0 Å². The van der Waals surface area contributed by atoms with Gasteiger partial charge in [-0.05, 0) is 19.4 Å². The smallest absolute Gasteiger partial charge is 0.329 e. The Morgan fingerprint density at radius 1 is 1.59 bits per heavy atom. The highest BCUT2D eigenvalue weighted by molar-refractivity contribution is 5.97. The molecule has 0 saturated heterocycles. The summed E-state index contributed by atoms with van der Waals surface area (Å²) in [5.74, 6) is -2.71.